The standard InChI is InChI=1S/C15H20BrNO2/c1-2-3-4-15(18)17-9-10-19-14(11-17)12-5-7-13(16)8-6-12/h5-8,14H,2-4,9-11H2,1H3. The van der Waals surface area contributed by atoms with Crippen LogP contribution in [0.1, 0.15) is 37.9 Å². The van der Waals surface area contributed by atoms with Crippen molar-refractivity contribution in [3.05, 3.63) is 34.3 Å². The van der Waals surface area contributed by atoms with E-state index in [1.807, 2.05) is 17.0 Å². The number of hydrogen-bond donors (Lipinski definition) is 0. The normalized spacial score (nSPS) is 19.5. The van der Waals surface area contributed by atoms with E-state index < -0.39 is 0 Å². The molecule has 1 aliphatic heterocycles. The lowest BCUT2D eigenvalue weighted by Gasteiger charge is -2.33. The van der Waals surface area contributed by atoms with Crippen molar-refractivity contribution in [3.8, 4) is 0 Å². The third kappa shape index (κ3) is 4.05. The first-order chi connectivity index (χ1) is 9.20. The fraction of sp³-hybridized carbons (Fsp3) is 0.533. The molecule has 3 nitrogen and oxygen atoms in total. The number of morpholine rings is 1. The van der Waals surface area contributed by atoms with Gasteiger partial charge in [-0.05, 0) is 24.1 Å². The van der Waals surface area contributed by atoms with Crippen molar-refractivity contribution in [1.82, 2.24) is 4.90 Å². The van der Waals surface area contributed by atoms with Gasteiger partial charge in [0.25, 0.3) is 0 Å². The van der Waals surface area contributed by atoms with Gasteiger partial charge in [-0.1, -0.05) is 41.4 Å². The van der Waals surface area contributed by atoms with Crippen LogP contribution in [0.5, 0.6) is 0 Å². The number of amides is 1. The first-order valence-corrected chi connectivity index (χ1v) is 7.65. The number of hydrogen-bond acceptors (Lipinski definition) is 2. The van der Waals surface area contributed by atoms with Crippen LogP contribution in [0.3, 0.4) is 0 Å². The molecule has 0 saturated carbocycles. The quantitative estimate of drug-likeness (QED) is 0.847. The fourth-order valence-electron chi connectivity index (χ4n) is 2.24. The number of unbranched alkanes of at least 4 members (excludes halogenated alkanes) is 1. The zero-order valence-corrected chi connectivity index (χ0v) is 12.9. The number of carbonyl (C=O) groups is 1. The minimum absolute atomic E-state index is 0.00688. The average molecular weight is 326 g/mol. The summed E-state index contributed by atoms with van der Waals surface area (Å²) in [4.78, 5) is 14.0. The zero-order chi connectivity index (χ0) is 13.7. The highest BCUT2D eigenvalue weighted by atomic mass is 79.9. The van der Waals surface area contributed by atoms with E-state index in [4.69, 9.17) is 4.74 Å². The Hall–Kier alpha value is -0.870. The highest BCUT2D eigenvalue weighted by Gasteiger charge is 2.24. The van der Waals surface area contributed by atoms with Crippen molar-refractivity contribution >= 4 is 21.8 Å². The van der Waals surface area contributed by atoms with Crippen LogP contribution < -0.4 is 0 Å². The minimum Gasteiger partial charge on any atom is -0.370 e. The number of carbonyl (C=O) groups excluding carboxylic acids is 1. The molecule has 1 heterocycles. The molecule has 19 heavy (non-hydrogen) atoms. The summed E-state index contributed by atoms with van der Waals surface area (Å²) in [5.41, 5.74) is 1.14. The third-order valence-electron chi connectivity index (χ3n) is 3.41. The Labute approximate surface area is 123 Å². The number of nitrogens with zero attached hydrogens (tertiary/aromatic N) is 1. The molecule has 0 radical (unpaired) electrons. The zero-order valence-electron chi connectivity index (χ0n) is 11.3. The first kappa shape index (κ1) is 14.5. The highest BCUT2D eigenvalue weighted by Crippen LogP contribution is 2.24. The van der Waals surface area contributed by atoms with Crippen LogP contribution in [0.15, 0.2) is 28.7 Å². The Morgan fingerprint density at radius 2 is 2.16 bits per heavy atom. The Morgan fingerprint density at radius 1 is 1.42 bits per heavy atom. The molecule has 1 aliphatic rings. The number of halogens is 1. The maximum Gasteiger partial charge on any atom is 0.222 e. The third-order valence-corrected chi connectivity index (χ3v) is 3.93. The van der Waals surface area contributed by atoms with Crippen molar-refractivity contribution in [1.29, 1.82) is 0 Å². The van der Waals surface area contributed by atoms with Crippen LogP contribution in [0.25, 0.3) is 0 Å². The molecule has 0 bridgehead atoms. The van der Waals surface area contributed by atoms with E-state index in [0.29, 0.717) is 19.6 Å². The highest BCUT2D eigenvalue weighted by molar-refractivity contribution is 9.10. The number of ether oxygens (including phenoxy) is 1. The van der Waals surface area contributed by atoms with E-state index in [0.717, 1.165) is 29.4 Å². The summed E-state index contributed by atoms with van der Waals surface area (Å²) >= 11 is 3.43. The van der Waals surface area contributed by atoms with Crippen molar-refractivity contribution in [2.24, 2.45) is 0 Å². The Morgan fingerprint density at radius 3 is 2.84 bits per heavy atom. The molecule has 2 rings (SSSR count). The molecule has 104 valence electrons. The summed E-state index contributed by atoms with van der Waals surface area (Å²) in [7, 11) is 0. The van der Waals surface area contributed by atoms with Gasteiger partial charge in [0.15, 0.2) is 0 Å². The van der Waals surface area contributed by atoms with Crippen molar-refractivity contribution < 1.29 is 9.53 Å². The second-order valence-electron chi connectivity index (χ2n) is 4.85. The van der Waals surface area contributed by atoms with Crippen LogP contribution >= 0.6 is 15.9 Å². The molecular formula is C15H20BrNO2. The van der Waals surface area contributed by atoms with Crippen LogP contribution in [0, 0.1) is 0 Å². The summed E-state index contributed by atoms with van der Waals surface area (Å²) in [6.07, 6.45) is 2.70. The van der Waals surface area contributed by atoms with Crippen LogP contribution in [0.4, 0.5) is 0 Å². The van der Waals surface area contributed by atoms with Crippen molar-refractivity contribution in [2.75, 3.05) is 19.7 Å². The molecule has 0 spiro atoms. The molecule has 4 heteroatoms. The molecule has 1 amide bonds. The van der Waals surface area contributed by atoms with Gasteiger partial charge in [0.05, 0.1) is 13.2 Å². The predicted molar refractivity (Wildman–Crippen MR) is 78.9 cm³/mol. The molecule has 0 aliphatic carbocycles. The molecule has 1 fully saturated rings. The lowest BCUT2D eigenvalue weighted by Crippen LogP contribution is -2.42. The minimum atomic E-state index is 0.00688. The molecule has 1 aromatic carbocycles. The second kappa shape index (κ2) is 7.06. The Bertz CT molecular complexity index is 419. The fourth-order valence-corrected chi connectivity index (χ4v) is 2.51. The van der Waals surface area contributed by atoms with E-state index in [9.17, 15) is 4.79 Å². The summed E-state index contributed by atoms with van der Waals surface area (Å²) in [6.45, 7) is 4.12. The second-order valence-corrected chi connectivity index (χ2v) is 5.77. The van der Waals surface area contributed by atoms with E-state index in [1.165, 1.54) is 0 Å². The van der Waals surface area contributed by atoms with Gasteiger partial charge >= 0.3 is 0 Å². The van der Waals surface area contributed by atoms with Crippen LogP contribution in [-0.4, -0.2) is 30.5 Å². The lowest BCUT2D eigenvalue weighted by molar-refractivity contribution is -0.139. The van der Waals surface area contributed by atoms with Gasteiger partial charge in [0.1, 0.15) is 6.10 Å². The smallest absolute Gasteiger partial charge is 0.222 e. The number of benzene rings is 1. The van der Waals surface area contributed by atoms with Gasteiger partial charge in [-0.2, -0.15) is 0 Å². The predicted octanol–water partition coefficient (Wildman–Crippen LogP) is 3.54. The molecule has 0 N–H and O–H groups in total. The Kier molecular flexibility index (Phi) is 5.40. The lowest BCUT2D eigenvalue weighted by atomic mass is 10.1. The maximum atomic E-state index is 12.1. The molecule has 0 aromatic heterocycles. The van der Waals surface area contributed by atoms with Gasteiger partial charge in [0.2, 0.25) is 5.91 Å². The first-order valence-electron chi connectivity index (χ1n) is 6.85. The van der Waals surface area contributed by atoms with E-state index >= 15 is 0 Å². The summed E-state index contributed by atoms with van der Waals surface area (Å²) in [5, 5.41) is 0. The van der Waals surface area contributed by atoms with E-state index in [2.05, 4.69) is 35.0 Å². The summed E-state index contributed by atoms with van der Waals surface area (Å²) < 4.78 is 6.84. The van der Waals surface area contributed by atoms with Crippen molar-refractivity contribution in [3.63, 3.8) is 0 Å². The Balaban J connectivity index is 1.96. The SMILES string of the molecule is CCCCC(=O)N1CCOC(c2ccc(Br)cc2)C1. The monoisotopic (exact) mass is 325 g/mol. The molecule has 1 atom stereocenters. The van der Waals surface area contributed by atoms with Gasteiger partial charge in [0, 0.05) is 17.4 Å². The van der Waals surface area contributed by atoms with Gasteiger partial charge in [-0.3, -0.25) is 4.79 Å². The van der Waals surface area contributed by atoms with E-state index in [-0.39, 0.29) is 12.0 Å². The maximum absolute atomic E-state index is 12.1. The molecular weight excluding hydrogens is 306 g/mol. The van der Waals surface area contributed by atoms with Crippen LogP contribution in [-0.2, 0) is 9.53 Å². The van der Waals surface area contributed by atoms with E-state index in [1.54, 1.807) is 0 Å². The topological polar surface area (TPSA) is 29.5 Å². The molecule has 1 unspecified atom stereocenters. The molecule has 1 saturated heterocycles. The summed E-state index contributed by atoms with van der Waals surface area (Å²) in [5.74, 6) is 0.257. The average Bonchev–Trinajstić information content (AvgIpc) is 2.45. The summed E-state index contributed by atoms with van der Waals surface area (Å²) in [6, 6.07) is 8.12. The number of rotatable bonds is 4. The van der Waals surface area contributed by atoms with Crippen molar-refractivity contribution in [2.45, 2.75) is 32.3 Å². The van der Waals surface area contributed by atoms with Gasteiger partial charge < -0.3 is 9.64 Å². The largest absolute Gasteiger partial charge is 0.370 e. The van der Waals surface area contributed by atoms with Crippen LogP contribution in [0.2, 0.25) is 0 Å². The van der Waals surface area contributed by atoms with Gasteiger partial charge in [-0.25, -0.2) is 0 Å². The molecule has 1 aromatic rings. The van der Waals surface area contributed by atoms with Gasteiger partial charge in [-0.15, -0.1) is 0 Å².